The number of hydrogen-bond acceptors (Lipinski definition) is 2. The Kier molecular flexibility index (Phi) is 2.44. The summed E-state index contributed by atoms with van der Waals surface area (Å²) in [6, 6.07) is 0.118. The molecule has 0 spiro atoms. The van der Waals surface area contributed by atoms with Gasteiger partial charge < -0.3 is 5.32 Å². The van der Waals surface area contributed by atoms with Crippen LogP contribution < -0.4 is 5.32 Å². The fraction of sp³-hybridized carbons (Fsp3) is 0.875. The van der Waals surface area contributed by atoms with E-state index in [1.54, 1.807) is 6.92 Å². The fourth-order valence-corrected chi connectivity index (χ4v) is 1.17. The van der Waals surface area contributed by atoms with Crippen LogP contribution in [-0.4, -0.2) is 18.9 Å². The van der Waals surface area contributed by atoms with E-state index in [1.807, 2.05) is 7.05 Å². The molecule has 0 heterocycles. The molecule has 1 rings (SSSR count). The third-order valence-electron chi connectivity index (χ3n) is 2.11. The molecule has 0 saturated heterocycles. The van der Waals surface area contributed by atoms with Gasteiger partial charge in [0, 0.05) is 0 Å². The third-order valence-corrected chi connectivity index (χ3v) is 2.11. The van der Waals surface area contributed by atoms with Crippen LogP contribution in [0.2, 0.25) is 0 Å². The number of Topliss-reactive ketones (excluding diaryl/α,β-unsaturated/α-hetero) is 1. The molecule has 2 nitrogen and oxygen atoms in total. The number of hydrogen-bond donors (Lipinski definition) is 1. The number of likely N-dealkylation sites (N-methyl/N-ethyl adjacent to an activating group) is 1. The van der Waals surface area contributed by atoms with Crippen molar-refractivity contribution in [3.05, 3.63) is 0 Å². The van der Waals surface area contributed by atoms with Crippen LogP contribution in [0.15, 0.2) is 0 Å². The van der Waals surface area contributed by atoms with Crippen molar-refractivity contribution in [3.8, 4) is 0 Å². The second-order valence-corrected chi connectivity index (χ2v) is 3.13. The Morgan fingerprint density at radius 3 is 2.60 bits per heavy atom. The lowest BCUT2D eigenvalue weighted by Gasteiger charge is -2.10. The van der Waals surface area contributed by atoms with E-state index in [4.69, 9.17) is 0 Å². The summed E-state index contributed by atoms with van der Waals surface area (Å²) in [5.74, 6) is 1.11. The summed E-state index contributed by atoms with van der Waals surface area (Å²) in [6.07, 6.45) is 3.70. The Morgan fingerprint density at radius 2 is 2.30 bits per heavy atom. The molecule has 0 aromatic rings. The van der Waals surface area contributed by atoms with Crippen LogP contribution in [0.3, 0.4) is 0 Å². The zero-order valence-electron chi connectivity index (χ0n) is 6.68. The van der Waals surface area contributed by atoms with E-state index in [-0.39, 0.29) is 11.8 Å². The van der Waals surface area contributed by atoms with Crippen LogP contribution in [0.4, 0.5) is 0 Å². The van der Waals surface area contributed by atoms with Gasteiger partial charge in [-0.15, -0.1) is 0 Å². The average Bonchev–Trinajstić information content (AvgIpc) is 2.64. The largest absolute Gasteiger partial charge is 0.311 e. The second kappa shape index (κ2) is 3.15. The predicted molar refractivity (Wildman–Crippen MR) is 40.9 cm³/mol. The summed E-state index contributed by atoms with van der Waals surface area (Å²) in [5, 5.41) is 3.02. The summed E-state index contributed by atoms with van der Waals surface area (Å²) in [7, 11) is 1.86. The monoisotopic (exact) mass is 141 g/mol. The molecule has 0 bridgehead atoms. The van der Waals surface area contributed by atoms with Gasteiger partial charge >= 0.3 is 0 Å². The SMILES string of the molecule is CNC(CC1CC1)C(C)=O. The topological polar surface area (TPSA) is 29.1 Å². The summed E-state index contributed by atoms with van der Waals surface area (Å²) in [5.41, 5.74) is 0. The molecule has 1 fully saturated rings. The number of carbonyl (C=O) groups excluding carboxylic acids is 1. The van der Waals surface area contributed by atoms with Gasteiger partial charge in [-0.2, -0.15) is 0 Å². The van der Waals surface area contributed by atoms with Gasteiger partial charge in [-0.05, 0) is 26.3 Å². The summed E-state index contributed by atoms with van der Waals surface area (Å²) >= 11 is 0. The molecular weight excluding hydrogens is 126 g/mol. The minimum absolute atomic E-state index is 0.118. The van der Waals surface area contributed by atoms with Crippen molar-refractivity contribution in [2.45, 2.75) is 32.2 Å². The number of rotatable bonds is 4. The van der Waals surface area contributed by atoms with Crippen molar-refractivity contribution < 1.29 is 4.79 Å². The van der Waals surface area contributed by atoms with Gasteiger partial charge in [0.1, 0.15) is 5.78 Å². The van der Waals surface area contributed by atoms with E-state index >= 15 is 0 Å². The van der Waals surface area contributed by atoms with Crippen molar-refractivity contribution in [3.63, 3.8) is 0 Å². The number of carbonyl (C=O) groups is 1. The Balaban J connectivity index is 2.24. The Hall–Kier alpha value is -0.370. The first-order valence-electron chi connectivity index (χ1n) is 3.91. The van der Waals surface area contributed by atoms with Gasteiger partial charge in [-0.25, -0.2) is 0 Å². The normalized spacial score (nSPS) is 20.6. The first-order valence-corrected chi connectivity index (χ1v) is 3.91. The lowest BCUT2D eigenvalue weighted by atomic mass is 10.1. The molecule has 1 saturated carbocycles. The van der Waals surface area contributed by atoms with Crippen molar-refractivity contribution in [1.29, 1.82) is 0 Å². The number of nitrogens with one attached hydrogen (secondary N) is 1. The lowest BCUT2D eigenvalue weighted by Crippen LogP contribution is -2.32. The van der Waals surface area contributed by atoms with Gasteiger partial charge in [-0.3, -0.25) is 4.79 Å². The minimum atomic E-state index is 0.118. The summed E-state index contributed by atoms with van der Waals surface area (Å²) in [6.45, 7) is 1.66. The molecule has 0 amide bonds. The van der Waals surface area contributed by atoms with Gasteiger partial charge in [0.2, 0.25) is 0 Å². The summed E-state index contributed by atoms with van der Waals surface area (Å²) < 4.78 is 0. The molecular formula is C8H15NO. The molecule has 1 atom stereocenters. The van der Waals surface area contributed by atoms with Gasteiger partial charge in [0.25, 0.3) is 0 Å². The van der Waals surface area contributed by atoms with Crippen LogP contribution in [-0.2, 0) is 4.79 Å². The Bertz CT molecular complexity index is 129. The van der Waals surface area contributed by atoms with Crippen LogP contribution >= 0.6 is 0 Å². The van der Waals surface area contributed by atoms with Crippen LogP contribution in [0.25, 0.3) is 0 Å². The van der Waals surface area contributed by atoms with E-state index in [0.29, 0.717) is 0 Å². The molecule has 0 aromatic heterocycles. The van der Waals surface area contributed by atoms with Crippen LogP contribution in [0.5, 0.6) is 0 Å². The maximum absolute atomic E-state index is 10.9. The molecule has 0 aromatic carbocycles. The molecule has 1 unspecified atom stereocenters. The smallest absolute Gasteiger partial charge is 0.146 e. The van der Waals surface area contributed by atoms with Crippen molar-refractivity contribution in [1.82, 2.24) is 5.32 Å². The third kappa shape index (κ3) is 2.10. The zero-order valence-corrected chi connectivity index (χ0v) is 6.68. The molecule has 58 valence electrons. The highest BCUT2D eigenvalue weighted by atomic mass is 16.1. The molecule has 1 N–H and O–H groups in total. The molecule has 1 aliphatic carbocycles. The fourth-order valence-electron chi connectivity index (χ4n) is 1.17. The van der Waals surface area contributed by atoms with Gasteiger partial charge in [-0.1, -0.05) is 12.8 Å². The van der Waals surface area contributed by atoms with E-state index in [0.717, 1.165) is 12.3 Å². The highest BCUT2D eigenvalue weighted by Gasteiger charge is 2.26. The van der Waals surface area contributed by atoms with Gasteiger partial charge in [0.05, 0.1) is 6.04 Å². The van der Waals surface area contributed by atoms with E-state index in [9.17, 15) is 4.79 Å². The van der Waals surface area contributed by atoms with E-state index < -0.39 is 0 Å². The predicted octanol–water partition coefficient (Wildman–Crippen LogP) is 0.963. The van der Waals surface area contributed by atoms with Crippen LogP contribution in [0, 0.1) is 5.92 Å². The Labute approximate surface area is 62.0 Å². The first kappa shape index (κ1) is 7.73. The van der Waals surface area contributed by atoms with E-state index in [2.05, 4.69) is 5.32 Å². The lowest BCUT2D eigenvalue weighted by molar-refractivity contribution is -0.119. The highest BCUT2D eigenvalue weighted by Crippen LogP contribution is 2.33. The maximum atomic E-state index is 10.9. The molecule has 2 heteroatoms. The molecule has 0 aliphatic heterocycles. The molecule has 1 aliphatic rings. The highest BCUT2D eigenvalue weighted by molar-refractivity contribution is 5.81. The van der Waals surface area contributed by atoms with Gasteiger partial charge in [0.15, 0.2) is 0 Å². The van der Waals surface area contributed by atoms with Crippen molar-refractivity contribution in [2.24, 2.45) is 5.92 Å². The number of ketones is 1. The Morgan fingerprint density at radius 1 is 1.70 bits per heavy atom. The zero-order chi connectivity index (χ0) is 7.56. The standard InChI is InChI=1S/C8H15NO/c1-6(10)8(9-2)5-7-3-4-7/h7-9H,3-5H2,1-2H3. The molecule has 10 heavy (non-hydrogen) atoms. The van der Waals surface area contributed by atoms with Crippen molar-refractivity contribution >= 4 is 5.78 Å². The average molecular weight is 141 g/mol. The van der Waals surface area contributed by atoms with Crippen LogP contribution in [0.1, 0.15) is 26.2 Å². The molecule has 0 radical (unpaired) electrons. The quantitative estimate of drug-likeness (QED) is 0.632. The summed E-state index contributed by atoms with van der Waals surface area (Å²) in [4.78, 5) is 10.9. The van der Waals surface area contributed by atoms with Crippen molar-refractivity contribution in [2.75, 3.05) is 7.05 Å². The van der Waals surface area contributed by atoms with E-state index in [1.165, 1.54) is 12.8 Å². The second-order valence-electron chi connectivity index (χ2n) is 3.13. The maximum Gasteiger partial charge on any atom is 0.146 e. The minimum Gasteiger partial charge on any atom is -0.311 e. The first-order chi connectivity index (χ1) is 4.74.